The summed E-state index contributed by atoms with van der Waals surface area (Å²) >= 11 is 0. The minimum Gasteiger partial charge on any atom is -0.454 e. The van der Waals surface area contributed by atoms with Crippen molar-refractivity contribution in [3.8, 4) is 11.5 Å². The Kier molecular flexibility index (Phi) is 6.85. The van der Waals surface area contributed by atoms with E-state index in [2.05, 4.69) is 5.32 Å². The van der Waals surface area contributed by atoms with Crippen LogP contribution in [0.1, 0.15) is 42.5 Å². The largest absolute Gasteiger partial charge is 0.454 e. The lowest BCUT2D eigenvalue weighted by molar-refractivity contribution is -0.119. The van der Waals surface area contributed by atoms with Gasteiger partial charge in [-0.05, 0) is 43.2 Å². The van der Waals surface area contributed by atoms with E-state index < -0.39 is 28.5 Å². The van der Waals surface area contributed by atoms with Gasteiger partial charge in [-0.3, -0.25) is 4.79 Å². The summed E-state index contributed by atoms with van der Waals surface area (Å²) in [6.07, 6.45) is 4.75. The number of anilines is 1. The topological polar surface area (TPSA) is 111 Å². The number of benzene rings is 2. The molecule has 0 saturated heterocycles. The summed E-state index contributed by atoms with van der Waals surface area (Å²) < 4.78 is 43.4. The molecule has 2 aromatic rings. The highest BCUT2D eigenvalue weighted by Gasteiger charge is 2.31. The van der Waals surface area contributed by atoms with Crippen molar-refractivity contribution in [1.82, 2.24) is 4.31 Å². The Morgan fingerprint density at radius 1 is 1.06 bits per heavy atom. The zero-order chi connectivity index (χ0) is 23.4. The summed E-state index contributed by atoms with van der Waals surface area (Å²) in [5.74, 6) is -0.399. The molecule has 1 heterocycles. The van der Waals surface area contributed by atoms with Gasteiger partial charge in [0.1, 0.15) is 4.90 Å². The Hall–Kier alpha value is -3.11. The van der Waals surface area contributed by atoms with Crippen LogP contribution in [0.3, 0.4) is 0 Å². The van der Waals surface area contributed by atoms with Crippen LogP contribution in [0.25, 0.3) is 0 Å². The van der Waals surface area contributed by atoms with Crippen LogP contribution < -0.4 is 14.8 Å². The molecule has 176 valence electrons. The van der Waals surface area contributed by atoms with Crippen molar-refractivity contribution in [2.45, 2.75) is 43.0 Å². The van der Waals surface area contributed by atoms with Crippen molar-refractivity contribution in [1.29, 1.82) is 0 Å². The van der Waals surface area contributed by atoms with E-state index in [0.717, 1.165) is 32.1 Å². The van der Waals surface area contributed by atoms with Crippen LogP contribution in [0.15, 0.2) is 47.4 Å². The lowest BCUT2D eigenvalue weighted by atomic mass is 9.96. The van der Waals surface area contributed by atoms with Gasteiger partial charge in [-0.1, -0.05) is 31.4 Å². The summed E-state index contributed by atoms with van der Waals surface area (Å²) in [6.45, 7) is -0.491. The molecule has 0 aromatic heterocycles. The third-order valence-corrected chi connectivity index (χ3v) is 7.82. The zero-order valence-corrected chi connectivity index (χ0v) is 19.1. The van der Waals surface area contributed by atoms with Crippen LogP contribution >= 0.6 is 0 Å². The Morgan fingerprint density at radius 2 is 1.79 bits per heavy atom. The molecule has 4 rings (SSSR count). The lowest BCUT2D eigenvalue weighted by Crippen LogP contribution is -2.38. The van der Waals surface area contributed by atoms with Gasteiger partial charge in [0.25, 0.3) is 5.91 Å². The molecule has 33 heavy (non-hydrogen) atoms. The average molecular weight is 475 g/mol. The molecule has 0 spiro atoms. The van der Waals surface area contributed by atoms with Gasteiger partial charge in [0, 0.05) is 13.1 Å². The quantitative estimate of drug-likeness (QED) is 0.614. The zero-order valence-electron chi connectivity index (χ0n) is 18.3. The van der Waals surface area contributed by atoms with Crippen molar-refractivity contribution < 1.29 is 32.2 Å². The van der Waals surface area contributed by atoms with Crippen molar-refractivity contribution >= 4 is 27.6 Å². The Morgan fingerprint density at radius 3 is 2.58 bits per heavy atom. The second-order valence-electron chi connectivity index (χ2n) is 8.00. The van der Waals surface area contributed by atoms with Gasteiger partial charge >= 0.3 is 5.97 Å². The summed E-state index contributed by atoms with van der Waals surface area (Å²) in [6, 6.07) is 10.7. The van der Waals surface area contributed by atoms with E-state index in [9.17, 15) is 18.0 Å². The van der Waals surface area contributed by atoms with Gasteiger partial charge in [0.05, 0.1) is 11.3 Å². The maximum absolute atomic E-state index is 13.2. The molecule has 0 atom stereocenters. The normalized spacial score (nSPS) is 15.9. The molecule has 1 N–H and O–H groups in total. The van der Waals surface area contributed by atoms with Crippen molar-refractivity contribution in [2.75, 3.05) is 25.8 Å². The second-order valence-corrected chi connectivity index (χ2v) is 9.97. The number of nitrogens with one attached hydrogen (secondary N) is 1. The van der Waals surface area contributed by atoms with Gasteiger partial charge in [-0.2, -0.15) is 4.31 Å². The maximum Gasteiger partial charge on any atom is 0.338 e. The van der Waals surface area contributed by atoms with Crippen molar-refractivity contribution in [3.63, 3.8) is 0 Å². The van der Waals surface area contributed by atoms with Gasteiger partial charge in [-0.25, -0.2) is 13.2 Å². The Balaban J connectivity index is 1.41. The molecule has 1 aliphatic carbocycles. The monoisotopic (exact) mass is 474 g/mol. The minimum atomic E-state index is -3.81. The molecular formula is C23H26N2O7S. The fraction of sp³-hybridized carbons (Fsp3) is 0.391. The first-order chi connectivity index (χ1) is 15.9. The number of para-hydroxylation sites is 1. The Bertz CT molecular complexity index is 1140. The maximum atomic E-state index is 13.2. The van der Waals surface area contributed by atoms with Gasteiger partial charge < -0.3 is 19.5 Å². The summed E-state index contributed by atoms with van der Waals surface area (Å²) in [5, 5.41) is 2.56. The molecule has 0 bridgehead atoms. The highest BCUT2D eigenvalue weighted by molar-refractivity contribution is 7.89. The van der Waals surface area contributed by atoms with E-state index in [1.165, 1.54) is 28.6 Å². The number of carbonyl (C=O) groups is 2. The summed E-state index contributed by atoms with van der Waals surface area (Å²) in [7, 11) is -2.23. The first-order valence-corrected chi connectivity index (χ1v) is 12.2. The van der Waals surface area contributed by atoms with Crippen LogP contribution in [-0.2, 0) is 19.6 Å². The molecular weight excluding hydrogens is 448 g/mol. The molecule has 1 amide bonds. The Labute approximate surface area is 192 Å². The molecule has 10 heteroatoms. The predicted molar refractivity (Wildman–Crippen MR) is 120 cm³/mol. The smallest absolute Gasteiger partial charge is 0.338 e. The van der Waals surface area contributed by atoms with Crippen LogP contribution in [0.4, 0.5) is 5.69 Å². The van der Waals surface area contributed by atoms with Crippen molar-refractivity contribution in [3.05, 3.63) is 48.0 Å². The van der Waals surface area contributed by atoms with E-state index in [4.69, 9.17) is 14.2 Å². The number of rotatable bonds is 7. The second kappa shape index (κ2) is 9.80. The summed E-state index contributed by atoms with van der Waals surface area (Å²) in [5.41, 5.74) is 0.355. The molecule has 2 aliphatic rings. The average Bonchev–Trinajstić information content (AvgIpc) is 3.31. The molecule has 1 fully saturated rings. The first kappa shape index (κ1) is 23.1. The van der Waals surface area contributed by atoms with E-state index in [1.807, 2.05) is 0 Å². The highest BCUT2D eigenvalue weighted by atomic mass is 32.2. The fourth-order valence-electron chi connectivity index (χ4n) is 4.02. The van der Waals surface area contributed by atoms with Crippen molar-refractivity contribution in [2.24, 2.45) is 0 Å². The number of amides is 1. The molecule has 0 radical (unpaired) electrons. The number of sulfonamides is 1. The molecule has 1 aliphatic heterocycles. The number of ether oxygens (including phenoxy) is 3. The van der Waals surface area contributed by atoms with E-state index >= 15 is 0 Å². The van der Waals surface area contributed by atoms with Crippen LogP contribution in [0.5, 0.6) is 11.5 Å². The fourth-order valence-corrected chi connectivity index (χ4v) is 5.58. The number of esters is 1. The molecule has 9 nitrogen and oxygen atoms in total. The van der Waals surface area contributed by atoms with Crippen LogP contribution in [0, 0.1) is 0 Å². The van der Waals surface area contributed by atoms with Gasteiger partial charge in [0.15, 0.2) is 18.1 Å². The van der Waals surface area contributed by atoms with E-state index in [1.54, 1.807) is 25.2 Å². The van der Waals surface area contributed by atoms with Crippen LogP contribution in [-0.4, -0.2) is 51.1 Å². The molecule has 2 aromatic carbocycles. The highest BCUT2D eigenvalue weighted by Crippen LogP contribution is 2.33. The number of hydrogen-bond donors (Lipinski definition) is 1. The standard InChI is InChI=1S/C23H26N2O7S/c1-25(17-7-3-2-4-8-17)33(28,29)21-10-6-5-9-18(21)24-22(26)14-30-23(27)16-11-12-19-20(13-16)32-15-31-19/h5-6,9-13,17H,2-4,7-8,14-15H2,1H3,(H,24,26). The van der Waals surface area contributed by atoms with Gasteiger partial charge in [0.2, 0.25) is 16.8 Å². The minimum absolute atomic E-state index is 0.00789. The predicted octanol–water partition coefficient (Wildman–Crippen LogP) is 3.16. The van der Waals surface area contributed by atoms with E-state index in [-0.39, 0.29) is 29.0 Å². The lowest BCUT2D eigenvalue weighted by Gasteiger charge is -2.30. The molecule has 1 saturated carbocycles. The number of hydrogen-bond acceptors (Lipinski definition) is 7. The third kappa shape index (κ3) is 5.12. The third-order valence-electron chi connectivity index (χ3n) is 5.85. The number of carbonyl (C=O) groups excluding carboxylic acids is 2. The molecule has 0 unspecified atom stereocenters. The van der Waals surface area contributed by atoms with E-state index in [0.29, 0.717) is 11.5 Å². The van der Waals surface area contributed by atoms with Crippen LogP contribution in [0.2, 0.25) is 0 Å². The first-order valence-electron chi connectivity index (χ1n) is 10.8. The number of nitrogens with zero attached hydrogens (tertiary/aromatic N) is 1. The van der Waals surface area contributed by atoms with Gasteiger partial charge in [-0.15, -0.1) is 0 Å². The summed E-state index contributed by atoms with van der Waals surface area (Å²) in [4.78, 5) is 24.7. The number of fused-ring (bicyclic) bond motifs is 1. The SMILES string of the molecule is CN(C1CCCCC1)S(=O)(=O)c1ccccc1NC(=O)COC(=O)c1ccc2c(c1)OCO2.